The lowest BCUT2D eigenvalue weighted by Gasteiger charge is -2.04. The van der Waals surface area contributed by atoms with E-state index < -0.39 is 0 Å². The number of aryl methyl sites for hydroxylation is 1. The molecule has 21 heavy (non-hydrogen) atoms. The summed E-state index contributed by atoms with van der Waals surface area (Å²) < 4.78 is 0. The van der Waals surface area contributed by atoms with Gasteiger partial charge in [0.05, 0.1) is 10.0 Å². The van der Waals surface area contributed by atoms with Crippen LogP contribution in [-0.2, 0) is 11.2 Å². The number of allylic oxidation sites excluding steroid dienone is 3. The molecule has 2 nitrogen and oxygen atoms in total. The number of hydrogen-bond acceptors (Lipinski definition) is 1. The molecule has 0 heterocycles. The quantitative estimate of drug-likeness (QED) is 0.565. The Morgan fingerprint density at radius 2 is 2.05 bits per heavy atom. The van der Waals surface area contributed by atoms with Crippen LogP contribution in [-0.4, -0.2) is 12.5 Å². The Hall–Kier alpha value is -1.25. The van der Waals surface area contributed by atoms with Crippen molar-refractivity contribution in [1.29, 1.82) is 0 Å². The molecule has 0 unspecified atom stereocenters. The van der Waals surface area contributed by atoms with Crippen LogP contribution in [0, 0.1) is 5.92 Å². The van der Waals surface area contributed by atoms with Crippen molar-refractivity contribution in [2.45, 2.75) is 26.7 Å². The standard InChI is InChI=1S/C17H21Cl2NO/c1-13(2)12-20-16(21)11-6-4-3-5-8-14-9-7-10-15(18)17(14)19/h3-4,6-7,9-11,13H,5,8,12H2,1-2H3,(H,20,21)/b4-3?,11-6+. The van der Waals surface area contributed by atoms with E-state index >= 15 is 0 Å². The van der Waals surface area contributed by atoms with Crippen LogP contribution in [0.25, 0.3) is 0 Å². The molecule has 0 saturated carbocycles. The van der Waals surface area contributed by atoms with E-state index in [1.54, 1.807) is 12.1 Å². The van der Waals surface area contributed by atoms with Gasteiger partial charge in [-0.3, -0.25) is 4.79 Å². The highest BCUT2D eigenvalue weighted by Crippen LogP contribution is 2.26. The van der Waals surface area contributed by atoms with Gasteiger partial charge >= 0.3 is 0 Å². The second kappa shape index (κ2) is 9.64. The topological polar surface area (TPSA) is 29.1 Å². The lowest BCUT2D eigenvalue weighted by molar-refractivity contribution is -0.116. The summed E-state index contributed by atoms with van der Waals surface area (Å²) in [4.78, 5) is 11.4. The molecule has 0 radical (unpaired) electrons. The summed E-state index contributed by atoms with van der Waals surface area (Å²) in [6, 6.07) is 5.64. The van der Waals surface area contributed by atoms with Gasteiger partial charge in [-0.1, -0.05) is 67.4 Å². The highest BCUT2D eigenvalue weighted by Gasteiger charge is 2.02. The van der Waals surface area contributed by atoms with Gasteiger partial charge in [0.25, 0.3) is 0 Å². The predicted octanol–water partition coefficient (Wildman–Crippen LogP) is 4.81. The van der Waals surface area contributed by atoms with Crippen molar-refractivity contribution >= 4 is 29.1 Å². The Labute approximate surface area is 136 Å². The molecule has 0 aliphatic rings. The Bertz CT molecular complexity index is 522. The predicted molar refractivity (Wildman–Crippen MR) is 90.9 cm³/mol. The Morgan fingerprint density at radius 1 is 1.29 bits per heavy atom. The lowest BCUT2D eigenvalue weighted by Crippen LogP contribution is -2.25. The van der Waals surface area contributed by atoms with Crippen molar-refractivity contribution < 1.29 is 4.79 Å². The third-order valence-corrected chi connectivity index (χ3v) is 3.65. The molecular formula is C17H21Cl2NO. The van der Waals surface area contributed by atoms with Crippen LogP contribution >= 0.6 is 23.2 Å². The molecule has 0 spiro atoms. The van der Waals surface area contributed by atoms with Gasteiger partial charge in [-0.15, -0.1) is 0 Å². The Balaban J connectivity index is 2.32. The fraction of sp³-hybridized carbons (Fsp3) is 0.353. The van der Waals surface area contributed by atoms with Crippen molar-refractivity contribution in [3.05, 3.63) is 58.1 Å². The summed E-state index contributed by atoms with van der Waals surface area (Å²) in [5.74, 6) is 0.395. The highest BCUT2D eigenvalue weighted by molar-refractivity contribution is 6.42. The van der Waals surface area contributed by atoms with Crippen molar-refractivity contribution in [2.75, 3.05) is 6.54 Å². The fourth-order valence-corrected chi connectivity index (χ4v) is 2.08. The molecule has 114 valence electrons. The van der Waals surface area contributed by atoms with Crippen molar-refractivity contribution in [2.24, 2.45) is 5.92 Å². The number of benzene rings is 1. The molecule has 0 aliphatic heterocycles. The fourth-order valence-electron chi connectivity index (χ4n) is 1.66. The van der Waals surface area contributed by atoms with E-state index in [0.29, 0.717) is 22.5 Å². The normalized spacial score (nSPS) is 11.7. The first-order chi connectivity index (χ1) is 10.0. The maximum Gasteiger partial charge on any atom is 0.243 e. The monoisotopic (exact) mass is 325 g/mol. The molecule has 1 aromatic rings. The Kier molecular flexibility index (Phi) is 8.17. The van der Waals surface area contributed by atoms with Crippen LogP contribution in [0.4, 0.5) is 0 Å². The van der Waals surface area contributed by atoms with Gasteiger partial charge in [0, 0.05) is 12.6 Å². The number of halogens is 2. The number of carbonyl (C=O) groups is 1. The van der Waals surface area contributed by atoms with Crippen LogP contribution in [0.1, 0.15) is 25.8 Å². The summed E-state index contributed by atoms with van der Waals surface area (Å²) in [6.45, 7) is 4.82. The number of hydrogen-bond donors (Lipinski definition) is 1. The molecule has 0 atom stereocenters. The minimum absolute atomic E-state index is 0.0637. The SMILES string of the molecule is CC(C)CNC(=O)/C=C/C=CCCc1cccc(Cl)c1Cl. The zero-order chi connectivity index (χ0) is 15.7. The smallest absolute Gasteiger partial charge is 0.243 e. The molecule has 0 bridgehead atoms. The number of carbonyl (C=O) groups excluding carboxylic acids is 1. The molecule has 0 aliphatic carbocycles. The van der Waals surface area contributed by atoms with Crippen molar-refractivity contribution in [3.63, 3.8) is 0 Å². The average Bonchev–Trinajstić information content (AvgIpc) is 2.44. The lowest BCUT2D eigenvalue weighted by atomic mass is 10.1. The van der Waals surface area contributed by atoms with E-state index in [0.717, 1.165) is 18.4 Å². The molecule has 1 amide bonds. The maximum absolute atomic E-state index is 11.4. The summed E-state index contributed by atoms with van der Waals surface area (Å²) in [5, 5.41) is 4.03. The summed E-state index contributed by atoms with van der Waals surface area (Å²) in [7, 11) is 0. The van der Waals surface area contributed by atoms with E-state index in [9.17, 15) is 4.79 Å². The minimum atomic E-state index is -0.0637. The second-order valence-electron chi connectivity index (χ2n) is 5.18. The van der Waals surface area contributed by atoms with Crippen LogP contribution in [0.15, 0.2) is 42.5 Å². The first-order valence-electron chi connectivity index (χ1n) is 7.04. The van der Waals surface area contributed by atoms with Gasteiger partial charge in [0.1, 0.15) is 0 Å². The van der Waals surface area contributed by atoms with E-state index in [2.05, 4.69) is 19.2 Å². The van der Waals surface area contributed by atoms with Gasteiger partial charge in [-0.25, -0.2) is 0 Å². The van der Waals surface area contributed by atoms with E-state index in [1.165, 1.54) is 6.08 Å². The molecule has 0 fully saturated rings. The molecule has 1 aromatic carbocycles. The van der Waals surface area contributed by atoms with Gasteiger partial charge in [-0.05, 0) is 30.4 Å². The van der Waals surface area contributed by atoms with E-state index in [1.807, 2.05) is 24.3 Å². The first-order valence-corrected chi connectivity index (χ1v) is 7.80. The largest absolute Gasteiger partial charge is 0.352 e. The summed E-state index contributed by atoms with van der Waals surface area (Å²) in [5.41, 5.74) is 1.03. The van der Waals surface area contributed by atoms with Crippen molar-refractivity contribution in [3.8, 4) is 0 Å². The van der Waals surface area contributed by atoms with Crippen molar-refractivity contribution in [1.82, 2.24) is 5.32 Å². The average molecular weight is 326 g/mol. The third-order valence-electron chi connectivity index (χ3n) is 2.79. The minimum Gasteiger partial charge on any atom is -0.352 e. The first kappa shape index (κ1) is 17.8. The van der Waals surface area contributed by atoms with Gasteiger partial charge in [0.2, 0.25) is 5.91 Å². The van der Waals surface area contributed by atoms with Gasteiger partial charge < -0.3 is 5.32 Å². The molecule has 1 rings (SSSR count). The summed E-state index contributed by atoms with van der Waals surface area (Å²) in [6.07, 6.45) is 8.82. The van der Waals surface area contributed by atoms with Crippen LogP contribution in [0.5, 0.6) is 0 Å². The van der Waals surface area contributed by atoms with Gasteiger partial charge in [-0.2, -0.15) is 0 Å². The second-order valence-corrected chi connectivity index (χ2v) is 5.96. The number of amides is 1. The zero-order valence-electron chi connectivity index (χ0n) is 12.4. The highest BCUT2D eigenvalue weighted by atomic mass is 35.5. The zero-order valence-corrected chi connectivity index (χ0v) is 13.9. The van der Waals surface area contributed by atoms with E-state index in [-0.39, 0.29) is 5.91 Å². The van der Waals surface area contributed by atoms with Gasteiger partial charge in [0.15, 0.2) is 0 Å². The molecule has 0 saturated heterocycles. The molecular weight excluding hydrogens is 305 g/mol. The third kappa shape index (κ3) is 7.35. The Morgan fingerprint density at radius 3 is 2.76 bits per heavy atom. The van der Waals surface area contributed by atoms with Crippen LogP contribution in [0.3, 0.4) is 0 Å². The summed E-state index contributed by atoms with van der Waals surface area (Å²) >= 11 is 12.1. The molecule has 4 heteroatoms. The number of rotatable bonds is 7. The maximum atomic E-state index is 11.4. The van der Waals surface area contributed by atoms with Crippen LogP contribution in [0.2, 0.25) is 10.0 Å². The van der Waals surface area contributed by atoms with E-state index in [4.69, 9.17) is 23.2 Å². The molecule has 1 N–H and O–H groups in total. The molecule has 0 aromatic heterocycles. The van der Waals surface area contributed by atoms with Crippen LogP contribution < -0.4 is 5.32 Å². The number of nitrogens with one attached hydrogen (secondary N) is 1.